The predicted molar refractivity (Wildman–Crippen MR) is 90.0 cm³/mol. The van der Waals surface area contributed by atoms with E-state index in [4.69, 9.17) is 9.88 Å². The highest BCUT2D eigenvalue weighted by Crippen LogP contribution is 2.42. The van der Waals surface area contributed by atoms with Crippen LogP contribution < -0.4 is 15.2 Å². The van der Waals surface area contributed by atoms with Gasteiger partial charge in [-0.15, -0.1) is 0 Å². The number of nitro groups is 1. The topological polar surface area (TPSA) is 145 Å². The quantitative estimate of drug-likeness (QED) is 0.537. The zero-order valence-corrected chi connectivity index (χ0v) is 14.6. The molecule has 0 radical (unpaired) electrons. The van der Waals surface area contributed by atoms with E-state index in [-0.39, 0.29) is 40.6 Å². The minimum absolute atomic E-state index is 0.109. The maximum atomic E-state index is 11.5. The van der Waals surface area contributed by atoms with E-state index in [2.05, 4.69) is 5.32 Å². The number of nitrogens with two attached hydrogens (primary N) is 1. The minimum Gasteiger partial charge on any atom is -0.489 e. The van der Waals surface area contributed by atoms with Crippen molar-refractivity contribution in [3.05, 3.63) is 22.2 Å². The first-order chi connectivity index (χ1) is 11.6. The summed E-state index contributed by atoms with van der Waals surface area (Å²) in [5.41, 5.74) is -0.875. The number of aliphatic hydroxyl groups is 1. The van der Waals surface area contributed by atoms with E-state index in [0.29, 0.717) is 12.8 Å². The number of primary sulfonamides is 1. The Balaban J connectivity index is 1.89. The first-order valence-electron chi connectivity index (χ1n) is 8.04. The summed E-state index contributed by atoms with van der Waals surface area (Å²) in [6, 6.07) is 2.01. The Labute approximate surface area is 145 Å². The monoisotopic (exact) mass is 371 g/mol. The molecule has 1 saturated carbocycles. The van der Waals surface area contributed by atoms with Crippen LogP contribution in [0.3, 0.4) is 0 Å². The van der Waals surface area contributed by atoms with E-state index in [0.717, 1.165) is 18.9 Å². The molecule has 1 atom stereocenters. The van der Waals surface area contributed by atoms with Gasteiger partial charge in [0, 0.05) is 12.1 Å². The van der Waals surface area contributed by atoms with Gasteiger partial charge in [0.1, 0.15) is 6.61 Å². The lowest BCUT2D eigenvalue weighted by atomic mass is 9.76. The maximum absolute atomic E-state index is 11.5. The van der Waals surface area contributed by atoms with Gasteiger partial charge in [-0.25, -0.2) is 13.6 Å². The van der Waals surface area contributed by atoms with Gasteiger partial charge in [0.15, 0.2) is 11.4 Å². The molecule has 1 aromatic rings. The molecule has 0 saturated heterocycles. The van der Waals surface area contributed by atoms with Crippen molar-refractivity contribution in [2.75, 3.05) is 11.9 Å². The Morgan fingerprint density at radius 1 is 1.40 bits per heavy atom. The summed E-state index contributed by atoms with van der Waals surface area (Å²) in [7, 11) is -4.08. The number of anilines is 1. The molecule has 1 fully saturated rings. The number of hydrogen-bond donors (Lipinski definition) is 3. The van der Waals surface area contributed by atoms with Crippen LogP contribution in [0.15, 0.2) is 17.0 Å². The lowest BCUT2D eigenvalue weighted by Gasteiger charge is -2.39. The number of benzene rings is 1. The molecule has 0 aromatic heterocycles. The third-order valence-corrected chi connectivity index (χ3v) is 5.90. The zero-order chi connectivity index (χ0) is 18.4. The summed E-state index contributed by atoms with van der Waals surface area (Å²) in [4.78, 5) is 10.4. The molecule has 0 spiro atoms. The molecule has 25 heavy (non-hydrogen) atoms. The second kappa shape index (κ2) is 6.11. The van der Waals surface area contributed by atoms with Gasteiger partial charge in [-0.05, 0) is 38.5 Å². The molecular weight excluding hydrogens is 350 g/mol. The molecule has 9 nitrogen and oxygen atoms in total. The van der Waals surface area contributed by atoms with E-state index < -0.39 is 20.5 Å². The lowest BCUT2D eigenvalue weighted by molar-refractivity contribution is -0.384. The van der Waals surface area contributed by atoms with Gasteiger partial charge in [0.05, 0.1) is 21.5 Å². The van der Waals surface area contributed by atoms with E-state index >= 15 is 0 Å². The van der Waals surface area contributed by atoms with E-state index in [1.165, 1.54) is 6.07 Å². The average Bonchev–Trinajstić information content (AvgIpc) is 2.52. The van der Waals surface area contributed by atoms with Gasteiger partial charge < -0.3 is 15.2 Å². The Bertz CT molecular complexity index is 798. The molecule has 1 aliphatic carbocycles. The maximum Gasteiger partial charge on any atom is 0.297 e. The van der Waals surface area contributed by atoms with Crippen molar-refractivity contribution >= 4 is 21.4 Å². The van der Waals surface area contributed by atoms with Crippen LogP contribution in [0.4, 0.5) is 11.4 Å². The number of nitrogens with zero attached hydrogens (tertiary/aromatic N) is 1. The van der Waals surface area contributed by atoms with Crippen LogP contribution in [-0.4, -0.2) is 36.7 Å². The van der Waals surface area contributed by atoms with Crippen LogP contribution in [0.2, 0.25) is 0 Å². The highest BCUT2D eigenvalue weighted by atomic mass is 32.2. The van der Waals surface area contributed by atoms with Crippen molar-refractivity contribution in [2.45, 2.75) is 49.1 Å². The average molecular weight is 371 g/mol. The van der Waals surface area contributed by atoms with Crippen molar-refractivity contribution < 1.29 is 23.2 Å². The molecule has 0 bridgehead atoms. The molecule has 1 heterocycles. The van der Waals surface area contributed by atoms with Gasteiger partial charge in [0.2, 0.25) is 10.0 Å². The Kier molecular flexibility index (Phi) is 4.38. The van der Waals surface area contributed by atoms with Gasteiger partial charge >= 0.3 is 0 Å². The summed E-state index contributed by atoms with van der Waals surface area (Å²) in [5.74, 6) is 0.322. The standard InChI is InChI=1S/C15H21N3O6S/c1-15(19)4-2-9(3-5-15)11-8-24-13-7-10(25(16,22)23)6-12(18(20)21)14(13)17-11/h6-7,9,11,17,19H,2-5,8H2,1H3,(H2,16,22,23)/t9?,11-,15?/m1/s1. The fraction of sp³-hybridized carbons (Fsp3) is 0.600. The SMILES string of the molecule is CC1(O)CCC([C@H]2COc3cc(S(N)(=O)=O)cc([N+](=O)[O-])c3N2)CC1. The van der Waals surface area contributed by atoms with E-state index in [9.17, 15) is 23.6 Å². The van der Waals surface area contributed by atoms with Crippen molar-refractivity contribution in [2.24, 2.45) is 11.1 Å². The summed E-state index contributed by atoms with van der Waals surface area (Å²) in [5, 5.41) is 29.6. The first-order valence-corrected chi connectivity index (χ1v) is 9.58. The van der Waals surface area contributed by atoms with Crippen molar-refractivity contribution in [1.29, 1.82) is 0 Å². The number of nitrogens with one attached hydrogen (secondary N) is 1. The van der Waals surface area contributed by atoms with Crippen LogP contribution in [-0.2, 0) is 10.0 Å². The summed E-state index contributed by atoms with van der Waals surface area (Å²) in [6.45, 7) is 2.08. The summed E-state index contributed by atoms with van der Waals surface area (Å²) >= 11 is 0. The fourth-order valence-corrected chi connectivity index (χ4v) is 4.02. The zero-order valence-electron chi connectivity index (χ0n) is 13.8. The second-order valence-corrected chi connectivity index (χ2v) is 8.58. The van der Waals surface area contributed by atoms with Crippen LogP contribution in [0.5, 0.6) is 5.75 Å². The van der Waals surface area contributed by atoms with Gasteiger partial charge in [-0.3, -0.25) is 10.1 Å². The van der Waals surface area contributed by atoms with Gasteiger partial charge in [-0.2, -0.15) is 0 Å². The molecule has 4 N–H and O–H groups in total. The molecule has 2 aliphatic rings. The molecule has 138 valence electrons. The Morgan fingerprint density at radius 2 is 2.04 bits per heavy atom. The van der Waals surface area contributed by atoms with Crippen molar-refractivity contribution in [1.82, 2.24) is 0 Å². The van der Waals surface area contributed by atoms with Crippen molar-refractivity contribution in [3.63, 3.8) is 0 Å². The molecule has 0 unspecified atom stereocenters. The van der Waals surface area contributed by atoms with Gasteiger partial charge in [0.25, 0.3) is 5.69 Å². The highest BCUT2D eigenvalue weighted by Gasteiger charge is 2.37. The largest absolute Gasteiger partial charge is 0.489 e. The number of ether oxygens (including phenoxy) is 1. The number of hydrogen-bond acceptors (Lipinski definition) is 7. The molecule has 0 amide bonds. The second-order valence-electron chi connectivity index (χ2n) is 7.01. The first kappa shape index (κ1) is 17.9. The van der Waals surface area contributed by atoms with E-state index in [1.807, 2.05) is 6.92 Å². The van der Waals surface area contributed by atoms with Crippen LogP contribution in [0.25, 0.3) is 0 Å². The third kappa shape index (κ3) is 3.70. The van der Waals surface area contributed by atoms with Crippen LogP contribution in [0, 0.1) is 16.0 Å². The number of sulfonamides is 1. The molecular formula is C15H21N3O6S. The Hall–Kier alpha value is -1.91. The number of nitro benzene ring substituents is 1. The van der Waals surface area contributed by atoms with Crippen molar-refractivity contribution in [3.8, 4) is 5.75 Å². The fourth-order valence-electron chi connectivity index (χ4n) is 3.47. The highest BCUT2D eigenvalue weighted by molar-refractivity contribution is 7.89. The smallest absolute Gasteiger partial charge is 0.297 e. The minimum atomic E-state index is -4.08. The normalized spacial score (nSPS) is 29.2. The molecule has 1 aliphatic heterocycles. The number of fused-ring (bicyclic) bond motifs is 1. The predicted octanol–water partition coefficient (Wildman–Crippen LogP) is 1.36. The summed E-state index contributed by atoms with van der Waals surface area (Å²) in [6.07, 6.45) is 2.89. The summed E-state index contributed by atoms with van der Waals surface area (Å²) < 4.78 is 28.7. The van der Waals surface area contributed by atoms with Gasteiger partial charge in [-0.1, -0.05) is 0 Å². The molecule has 1 aromatic carbocycles. The molecule has 3 rings (SSSR count). The van der Waals surface area contributed by atoms with Crippen LogP contribution in [0.1, 0.15) is 32.6 Å². The number of rotatable bonds is 3. The lowest BCUT2D eigenvalue weighted by Crippen LogP contribution is -2.42. The van der Waals surface area contributed by atoms with Crippen LogP contribution >= 0.6 is 0 Å². The molecule has 10 heteroatoms. The van der Waals surface area contributed by atoms with E-state index in [1.54, 1.807) is 0 Å². The Morgan fingerprint density at radius 3 is 2.60 bits per heavy atom. The third-order valence-electron chi connectivity index (χ3n) is 5.00.